The molecule has 0 radical (unpaired) electrons. The molecule has 1 rings (SSSR count). The van der Waals surface area contributed by atoms with E-state index >= 15 is 0 Å². The SMILES string of the molecule is CCCCCCCCC1(C)CC(=S)/C(=C\C(=O)O)C1=C(C#N)C#N. The number of hydrogen-bond acceptors (Lipinski definition) is 4. The molecule has 0 aliphatic heterocycles. The first-order valence-corrected chi connectivity index (χ1v) is 8.83. The van der Waals surface area contributed by atoms with E-state index in [1.165, 1.54) is 25.7 Å². The van der Waals surface area contributed by atoms with Crippen LogP contribution >= 0.6 is 12.2 Å². The Morgan fingerprint density at radius 2 is 1.83 bits per heavy atom. The number of allylic oxidation sites excluding steroid dienone is 3. The van der Waals surface area contributed by atoms with Gasteiger partial charge in [-0.15, -0.1) is 0 Å². The highest BCUT2D eigenvalue weighted by molar-refractivity contribution is 7.81. The van der Waals surface area contributed by atoms with E-state index in [-0.39, 0.29) is 5.57 Å². The number of aliphatic carboxylic acids is 1. The minimum Gasteiger partial charge on any atom is -0.478 e. The smallest absolute Gasteiger partial charge is 0.328 e. The summed E-state index contributed by atoms with van der Waals surface area (Å²) < 4.78 is 0. The van der Waals surface area contributed by atoms with E-state index in [1.807, 2.05) is 19.1 Å². The van der Waals surface area contributed by atoms with Crippen molar-refractivity contribution < 1.29 is 9.90 Å². The Balaban J connectivity index is 3.02. The van der Waals surface area contributed by atoms with Crippen molar-refractivity contribution in [2.24, 2.45) is 5.41 Å². The maximum absolute atomic E-state index is 11.1. The van der Waals surface area contributed by atoms with Crippen molar-refractivity contribution in [3.63, 3.8) is 0 Å². The molecule has 4 nitrogen and oxygen atoms in total. The van der Waals surface area contributed by atoms with E-state index < -0.39 is 11.4 Å². The average Bonchev–Trinajstić information content (AvgIpc) is 2.76. The zero-order valence-electron chi connectivity index (χ0n) is 14.4. The Morgan fingerprint density at radius 3 is 2.38 bits per heavy atom. The molecule has 0 saturated heterocycles. The molecule has 0 spiro atoms. The predicted octanol–water partition coefficient (Wildman–Crippen LogP) is 4.87. The van der Waals surface area contributed by atoms with E-state index in [1.54, 1.807) is 0 Å². The molecule has 0 bridgehead atoms. The zero-order chi connectivity index (χ0) is 18.2. The number of hydrogen-bond donors (Lipinski definition) is 1. The molecule has 0 aromatic rings. The van der Waals surface area contributed by atoms with E-state index in [0.717, 1.165) is 25.3 Å². The number of nitrogens with zero attached hydrogens (tertiary/aromatic N) is 2. The highest BCUT2D eigenvalue weighted by atomic mass is 32.1. The number of carbonyl (C=O) groups is 1. The second kappa shape index (κ2) is 9.35. The van der Waals surface area contributed by atoms with E-state index in [2.05, 4.69) is 6.92 Å². The average molecular weight is 344 g/mol. The van der Waals surface area contributed by atoms with Gasteiger partial charge >= 0.3 is 5.97 Å². The van der Waals surface area contributed by atoms with Crippen LogP contribution in [0.15, 0.2) is 22.8 Å². The molecule has 0 heterocycles. The van der Waals surface area contributed by atoms with Gasteiger partial charge in [0.2, 0.25) is 0 Å². The second-order valence-corrected chi connectivity index (χ2v) is 7.04. The van der Waals surface area contributed by atoms with Gasteiger partial charge in [0.05, 0.1) is 0 Å². The first kappa shape index (κ1) is 20.1. The van der Waals surface area contributed by atoms with E-state index in [9.17, 15) is 15.3 Å². The lowest BCUT2D eigenvalue weighted by Crippen LogP contribution is -2.16. The van der Waals surface area contributed by atoms with Crippen LogP contribution in [0.3, 0.4) is 0 Å². The molecular weight excluding hydrogens is 320 g/mol. The third-order valence-electron chi connectivity index (χ3n) is 4.55. The molecule has 1 atom stereocenters. The van der Waals surface area contributed by atoms with Crippen molar-refractivity contribution in [2.45, 2.75) is 65.2 Å². The number of carboxylic acid groups (broad SMARTS) is 1. The quantitative estimate of drug-likeness (QED) is 0.294. The molecule has 1 unspecified atom stereocenters. The summed E-state index contributed by atoms with van der Waals surface area (Å²) in [7, 11) is 0. The van der Waals surface area contributed by atoms with Gasteiger partial charge in [0, 0.05) is 21.9 Å². The monoisotopic (exact) mass is 344 g/mol. The van der Waals surface area contributed by atoms with Crippen LogP contribution in [0.2, 0.25) is 0 Å². The van der Waals surface area contributed by atoms with Crippen molar-refractivity contribution in [2.75, 3.05) is 0 Å². The number of rotatable bonds is 8. The molecule has 1 fully saturated rings. The molecule has 0 aromatic carbocycles. The Kier molecular flexibility index (Phi) is 7.82. The Labute approximate surface area is 149 Å². The van der Waals surface area contributed by atoms with Crippen LogP contribution < -0.4 is 0 Å². The van der Waals surface area contributed by atoms with Crippen LogP contribution in [-0.4, -0.2) is 15.9 Å². The van der Waals surface area contributed by atoms with Gasteiger partial charge in [0.25, 0.3) is 0 Å². The van der Waals surface area contributed by atoms with Gasteiger partial charge in [-0.2, -0.15) is 10.5 Å². The minimum atomic E-state index is -1.11. The Hall–Kier alpha value is -1.98. The molecule has 5 heteroatoms. The topological polar surface area (TPSA) is 84.9 Å². The van der Waals surface area contributed by atoms with Gasteiger partial charge in [-0.05, 0) is 18.4 Å². The van der Waals surface area contributed by atoms with Gasteiger partial charge in [-0.1, -0.05) is 64.6 Å². The predicted molar refractivity (Wildman–Crippen MR) is 97.3 cm³/mol. The number of nitriles is 2. The van der Waals surface area contributed by atoms with Gasteiger partial charge in [0.1, 0.15) is 17.7 Å². The fourth-order valence-corrected chi connectivity index (χ4v) is 3.84. The van der Waals surface area contributed by atoms with Crippen molar-refractivity contribution in [1.82, 2.24) is 0 Å². The van der Waals surface area contributed by atoms with Crippen LogP contribution in [-0.2, 0) is 4.79 Å². The second-order valence-electron chi connectivity index (χ2n) is 6.55. The number of unbranched alkanes of at least 4 members (excludes halogenated alkanes) is 5. The molecule has 0 aromatic heterocycles. The third kappa shape index (κ3) is 5.01. The summed E-state index contributed by atoms with van der Waals surface area (Å²) in [5, 5.41) is 27.6. The molecule has 24 heavy (non-hydrogen) atoms. The number of carboxylic acids is 1. The first-order valence-electron chi connectivity index (χ1n) is 8.42. The molecule has 1 aliphatic rings. The fraction of sp³-hybridized carbons (Fsp3) is 0.579. The summed E-state index contributed by atoms with van der Waals surface area (Å²) >= 11 is 5.35. The van der Waals surface area contributed by atoms with Gasteiger partial charge in [0.15, 0.2) is 0 Å². The van der Waals surface area contributed by atoms with Crippen LogP contribution in [0.1, 0.15) is 65.2 Å². The summed E-state index contributed by atoms with van der Waals surface area (Å²) in [6.07, 6.45) is 9.30. The third-order valence-corrected chi connectivity index (χ3v) is 4.91. The lowest BCUT2D eigenvalue weighted by Gasteiger charge is -2.25. The summed E-state index contributed by atoms with van der Waals surface area (Å²) in [4.78, 5) is 11.6. The van der Waals surface area contributed by atoms with E-state index in [0.29, 0.717) is 22.4 Å². The molecule has 1 N–H and O–H groups in total. The molecule has 0 amide bonds. The largest absolute Gasteiger partial charge is 0.478 e. The highest BCUT2D eigenvalue weighted by Gasteiger charge is 2.42. The minimum absolute atomic E-state index is 0.0177. The molecular formula is C19H24N2O2S. The summed E-state index contributed by atoms with van der Waals surface area (Å²) in [6, 6.07) is 3.83. The van der Waals surface area contributed by atoms with Crippen molar-refractivity contribution in [3.05, 3.63) is 22.8 Å². The summed E-state index contributed by atoms with van der Waals surface area (Å²) in [5.41, 5.74) is 0.456. The van der Waals surface area contributed by atoms with Crippen LogP contribution in [0.5, 0.6) is 0 Å². The maximum Gasteiger partial charge on any atom is 0.328 e. The van der Waals surface area contributed by atoms with Crippen LogP contribution in [0.4, 0.5) is 0 Å². The Morgan fingerprint density at radius 1 is 1.25 bits per heavy atom. The highest BCUT2D eigenvalue weighted by Crippen LogP contribution is 2.49. The Bertz CT molecular complexity index is 633. The van der Waals surface area contributed by atoms with Crippen molar-refractivity contribution >= 4 is 23.1 Å². The van der Waals surface area contributed by atoms with Gasteiger partial charge < -0.3 is 5.11 Å². The first-order chi connectivity index (χ1) is 11.4. The van der Waals surface area contributed by atoms with Crippen molar-refractivity contribution in [1.29, 1.82) is 10.5 Å². The standard InChI is InChI=1S/C19H24N2O2S/c1-3-4-5-6-7-8-9-19(2)11-16(24)15(10-17(22)23)18(19)14(12-20)13-21/h10H,3-9,11H2,1-2H3,(H,22,23)/b15-10+. The maximum atomic E-state index is 11.1. The molecule has 128 valence electrons. The zero-order valence-corrected chi connectivity index (χ0v) is 15.2. The van der Waals surface area contributed by atoms with Crippen LogP contribution in [0, 0.1) is 28.1 Å². The van der Waals surface area contributed by atoms with E-state index in [4.69, 9.17) is 17.3 Å². The summed E-state index contributed by atoms with van der Waals surface area (Å²) in [6.45, 7) is 4.16. The van der Waals surface area contributed by atoms with Crippen molar-refractivity contribution in [3.8, 4) is 12.1 Å². The van der Waals surface area contributed by atoms with Gasteiger partial charge in [-0.3, -0.25) is 0 Å². The summed E-state index contributed by atoms with van der Waals surface area (Å²) in [5.74, 6) is -1.11. The fourth-order valence-electron chi connectivity index (χ4n) is 3.36. The lowest BCUT2D eigenvalue weighted by molar-refractivity contribution is -0.131. The van der Waals surface area contributed by atoms with Gasteiger partial charge in [-0.25, -0.2) is 4.79 Å². The molecule has 1 saturated carbocycles. The van der Waals surface area contributed by atoms with Crippen LogP contribution in [0.25, 0.3) is 0 Å². The normalized spacial score (nSPS) is 21.6. The lowest BCUT2D eigenvalue weighted by atomic mass is 9.77. The number of thiocarbonyl (C=S) groups is 1. The molecule has 1 aliphatic carbocycles.